The molecule has 0 spiro atoms. The summed E-state index contributed by atoms with van der Waals surface area (Å²) >= 11 is 0. The largest absolute Gasteiger partial charge is 0.353 e. The molecule has 3 rings (SSSR count). The van der Waals surface area contributed by atoms with Crippen molar-refractivity contribution in [2.24, 2.45) is 29.2 Å². The van der Waals surface area contributed by atoms with Gasteiger partial charge in [0.15, 0.2) is 0 Å². The van der Waals surface area contributed by atoms with E-state index in [1.54, 1.807) is 0 Å². The molecule has 3 saturated carbocycles. The van der Waals surface area contributed by atoms with Gasteiger partial charge in [-0.25, -0.2) is 0 Å². The number of carbonyl (C=O) groups excluding carboxylic acids is 1. The molecule has 0 aromatic heterocycles. The molecule has 4 atom stereocenters. The van der Waals surface area contributed by atoms with Crippen LogP contribution in [-0.2, 0) is 4.79 Å². The summed E-state index contributed by atoms with van der Waals surface area (Å²) in [5, 5.41) is 3.42. The Kier molecular flexibility index (Phi) is 9.35. The molecular formula is C18H35Cl2N3O. The lowest BCUT2D eigenvalue weighted by atomic mass is 9.67. The molecule has 0 heterocycles. The van der Waals surface area contributed by atoms with Crippen molar-refractivity contribution in [2.75, 3.05) is 0 Å². The Morgan fingerprint density at radius 1 is 0.792 bits per heavy atom. The third kappa shape index (κ3) is 5.23. The Labute approximate surface area is 159 Å². The topological polar surface area (TPSA) is 81.1 Å². The first-order valence-electron chi connectivity index (χ1n) is 9.46. The minimum absolute atomic E-state index is 0. The van der Waals surface area contributed by atoms with Crippen LogP contribution >= 0.6 is 24.8 Å². The van der Waals surface area contributed by atoms with Crippen molar-refractivity contribution >= 4 is 30.7 Å². The number of nitrogens with two attached hydrogens (primary N) is 2. The van der Waals surface area contributed by atoms with Crippen molar-refractivity contribution in [1.29, 1.82) is 0 Å². The Balaban J connectivity index is 0.00000144. The maximum Gasteiger partial charge on any atom is 0.224 e. The number of amides is 1. The van der Waals surface area contributed by atoms with E-state index in [2.05, 4.69) is 5.32 Å². The van der Waals surface area contributed by atoms with Gasteiger partial charge in [0, 0.05) is 18.1 Å². The molecule has 0 aromatic carbocycles. The van der Waals surface area contributed by atoms with Crippen LogP contribution in [0.25, 0.3) is 0 Å². The third-order valence-corrected chi connectivity index (χ3v) is 6.34. The van der Waals surface area contributed by atoms with Gasteiger partial charge in [0.05, 0.1) is 5.92 Å². The van der Waals surface area contributed by atoms with Crippen LogP contribution in [-0.4, -0.2) is 24.0 Å². The van der Waals surface area contributed by atoms with Crippen molar-refractivity contribution in [3.05, 3.63) is 0 Å². The molecule has 3 aliphatic carbocycles. The molecule has 0 saturated heterocycles. The van der Waals surface area contributed by atoms with Gasteiger partial charge < -0.3 is 16.8 Å². The van der Waals surface area contributed by atoms with Crippen molar-refractivity contribution in [2.45, 2.75) is 88.8 Å². The zero-order valence-corrected chi connectivity index (χ0v) is 16.3. The molecule has 1 amide bonds. The molecule has 4 nitrogen and oxygen atoms in total. The number of carbonyl (C=O) groups is 1. The molecule has 6 heteroatoms. The van der Waals surface area contributed by atoms with Gasteiger partial charge in [-0.2, -0.15) is 0 Å². The quantitative estimate of drug-likeness (QED) is 0.688. The van der Waals surface area contributed by atoms with Gasteiger partial charge in [-0.05, 0) is 50.4 Å². The summed E-state index contributed by atoms with van der Waals surface area (Å²) in [6.07, 6.45) is 12.7. The second-order valence-electron chi connectivity index (χ2n) is 7.98. The van der Waals surface area contributed by atoms with E-state index < -0.39 is 0 Å². The van der Waals surface area contributed by atoms with Crippen LogP contribution in [0.15, 0.2) is 0 Å². The Morgan fingerprint density at radius 3 is 2.00 bits per heavy atom. The normalized spacial score (nSPS) is 39.4. The van der Waals surface area contributed by atoms with Gasteiger partial charge in [-0.3, -0.25) is 4.79 Å². The summed E-state index contributed by atoms with van der Waals surface area (Å²) in [4.78, 5) is 12.8. The van der Waals surface area contributed by atoms with Crippen LogP contribution in [0.4, 0.5) is 0 Å². The maximum atomic E-state index is 12.8. The van der Waals surface area contributed by atoms with Crippen LogP contribution in [0, 0.1) is 17.8 Å². The van der Waals surface area contributed by atoms with E-state index in [1.807, 2.05) is 0 Å². The Bertz CT molecular complexity index is 382. The number of hydrogen-bond acceptors (Lipinski definition) is 3. The lowest BCUT2D eigenvalue weighted by Gasteiger charge is -2.45. The Hall–Kier alpha value is -0.0300. The number of nitrogens with one attached hydrogen (secondary N) is 1. The Morgan fingerprint density at radius 2 is 1.38 bits per heavy atom. The first kappa shape index (κ1) is 22.0. The number of fused-ring (bicyclic) bond motifs is 2. The average molecular weight is 380 g/mol. The minimum atomic E-state index is 0. The van der Waals surface area contributed by atoms with Gasteiger partial charge in [-0.1, -0.05) is 32.1 Å². The number of halogens is 2. The second kappa shape index (κ2) is 10.2. The van der Waals surface area contributed by atoms with E-state index in [9.17, 15) is 4.79 Å². The van der Waals surface area contributed by atoms with Crippen LogP contribution in [0.1, 0.15) is 70.6 Å². The molecule has 0 aromatic rings. The summed E-state index contributed by atoms with van der Waals surface area (Å²) in [7, 11) is 0. The summed E-state index contributed by atoms with van der Waals surface area (Å²) < 4.78 is 0. The third-order valence-electron chi connectivity index (χ3n) is 6.34. The van der Waals surface area contributed by atoms with Crippen LogP contribution in [0.2, 0.25) is 0 Å². The first-order chi connectivity index (χ1) is 10.6. The van der Waals surface area contributed by atoms with Crippen molar-refractivity contribution < 1.29 is 4.79 Å². The van der Waals surface area contributed by atoms with Crippen LogP contribution in [0.3, 0.4) is 0 Å². The molecule has 5 N–H and O–H groups in total. The van der Waals surface area contributed by atoms with Gasteiger partial charge in [-0.15, -0.1) is 24.8 Å². The molecule has 3 fully saturated rings. The zero-order chi connectivity index (χ0) is 15.5. The molecular weight excluding hydrogens is 345 g/mol. The van der Waals surface area contributed by atoms with E-state index in [4.69, 9.17) is 11.5 Å². The summed E-state index contributed by atoms with van der Waals surface area (Å²) in [5.41, 5.74) is 12.5. The number of hydrogen-bond donors (Lipinski definition) is 3. The molecule has 2 bridgehead atoms. The van der Waals surface area contributed by atoms with Gasteiger partial charge in [0.2, 0.25) is 5.91 Å². The van der Waals surface area contributed by atoms with E-state index in [0.717, 1.165) is 32.1 Å². The van der Waals surface area contributed by atoms with E-state index in [0.29, 0.717) is 23.9 Å². The fourth-order valence-electron chi connectivity index (χ4n) is 5.13. The molecule has 24 heavy (non-hydrogen) atoms. The average Bonchev–Trinajstić information content (AvgIpc) is 2.44. The summed E-state index contributed by atoms with van der Waals surface area (Å²) in [5.74, 6) is 1.44. The minimum Gasteiger partial charge on any atom is -0.353 e. The van der Waals surface area contributed by atoms with Gasteiger partial charge in [0.1, 0.15) is 0 Å². The molecule has 0 radical (unpaired) electrons. The van der Waals surface area contributed by atoms with E-state index in [1.165, 1.54) is 38.5 Å². The van der Waals surface area contributed by atoms with Crippen molar-refractivity contribution in [3.63, 3.8) is 0 Å². The number of rotatable bonds is 2. The van der Waals surface area contributed by atoms with Gasteiger partial charge >= 0.3 is 0 Å². The highest BCUT2D eigenvalue weighted by molar-refractivity contribution is 5.85. The zero-order valence-electron chi connectivity index (χ0n) is 14.6. The maximum absolute atomic E-state index is 12.8. The fourth-order valence-corrected chi connectivity index (χ4v) is 5.13. The lowest BCUT2D eigenvalue weighted by molar-refractivity contribution is -0.128. The smallest absolute Gasteiger partial charge is 0.224 e. The van der Waals surface area contributed by atoms with Crippen LogP contribution in [0.5, 0.6) is 0 Å². The highest BCUT2D eigenvalue weighted by Crippen LogP contribution is 2.40. The fraction of sp³-hybridized carbons (Fsp3) is 0.944. The monoisotopic (exact) mass is 379 g/mol. The molecule has 0 aliphatic heterocycles. The highest BCUT2D eigenvalue weighted by atomic mass is 35.5. The molecule has 142 valence electrons. The van der Waals surface area contributed by atoms with Crippen molar-refractivity contribution in [1.82, 2.24) is 5.32 Å². The van der Waals surface area contributed by atoms with E-state index in [-0.39, 0.29) is 42.7 Å². The van der Waals surface area contributed by atoms with Crippen LogP contribution < -0.4 is 16.8 Å². The van der Waals surface area contributed by atoms with Crippen molar-refractivity contribution in [3.8, 4) is 0 Å². The standard InChI is InChI=1S/C18H33N3O.2ClH/c19-14-10-12-6-5-7-13(11-14)17(12)21-18(22)15-8-3-1-2-4-9-16(15)20;;/h12-17H,1-11,19-20H2,(H,21,22);2*1H. The lowest BCUT2D eigenvalue weighted by Crippen LogP contribution is -2.56. The van der Waals surface area contributed by atoms with Gasteiger partial charge in [0.25, 0.3) is 0 Å². The second-order valence-corrected chi connectivity index (χ2v) is 7.98. The molecule has 4 unspecified atom stereocenters. The summed E-state index contributed by atoms with van der Waals surface area (Å²) in [6.45, 7) is 0. The first-order valence-corrected chi connectivity index (χ1v) is 9.46. The highest BCUT2D eigenvalue weighted by Gasteiger charge is 2.41. The SMILES string of the molecule is Cl.Cl.NC1CC2CCCC(C1)C2NC(=O)C1CCCCCCC1N. The molecule has 3 aliphatic rings. The summed E-state index contributed by atoms with van der Waals surface area (Å²) in [6, 6.07) is 0.747. The van der Waals surface area contributed by atoms with E-state index >= 15 is 0 Å². The predicted molar refractivity (Wildman–Crippen MR) is 104 cm³/mol. The predicted octanol–water partition coefficient (Wildman–Crippen LogP) is 3.15.